The molecule has 0 spiro atoms. The van der Waals surface area contributed by atoms with Gasteiger partial charge in [-0.05, 0) is 48.5 Å². The summed E-state index contributed by atoms with van der Waals surface area (Å²) in [7, 11) is 0. The molecule has 0 atom stereocenters. The number of benzene rings is 3. The number of para-hydroxylation sites is 2. The molecule has 0 aliphatic carbocycles. The third-order valence-electron chi connectivity index (χ3n) is 6.57. The van der Waals surface area contributed by atoms with Gasteiger partial charge in [-0.25, -0.2) is 18.4 Å². The van der Waals surface area contributed by atoms with E-state index >= 15 is 0 Å². The maximum atomic E-state index is 13.3. The summed E-state index contributed by atoms with van der Waals surface area (Å²) in [5.74, 6) is -2.16. The van der Waals surface area contributed by atoms with E-state index in [0.717, 1.165) is 0 Å². The van der Waals surface area contributed by atoms with Crippen LogP contribution in [0.2, 0.25) is 0 Å². The molecule has 0 saturated carbocycles. The number of carbonyl (C=O) groups excluding carboxylic acids is 1. The lowest BCUT2D eigenvalue weighted by molar-refractivity contribution is -0.0547. The van der Waals surface area contributed by atoms with Gasteiger partial charge < -0.3 is 20.4 Å². The monoisotopic (exact) mass is 519 g/mol. The van der Waals surface area contributed by atoms with Crippen LogP contribution < -0.4 is 5.32 Å². The van der Waals surface area contributed by atoms with E-state index in [1.54, 1.807) is 77.5 Å². The van der Waals surface area contributed by atoms with Crippen LogP contribution in [0, 0.1) is 0 Å². The molecule has 4 aromatic rings. The number of hydrogen-bond acceptors (Lipinski definition) is 6. The average molecular weight is 520 g/mol. The molecule has 0 unspecified atom stereocenters. The highest BCUT2D eigenvalue weighted by Gasteiger charge is 2.33. The third-order valence-corrected chi connectivity index (χ3v) is 6.57. The number of phenolic OH excluding ortho intramolecular Hbond substituents is 2. The number of alkyl halides is 2. The molecule has 8 nitrogen and oxygen atoms in total. The quantitative estimate of drug-likeness (QED) is 0.333. The summed E-state index contributed by atoms with van der Waals surface area (Å²) in [4.78, 5) is 19.2. The van der Waals surface area contributed by atoms with Gasteiger partial charge in [0.15, 0.2) is 11.6 Å². The van der Waals surface area contributed by atoms with E-state index in [1.807, 2.05) is 4.90 Å². The number of aromatic hydroxyl groups is 2. The first kappa shape index (κ1) is 25.3. The number of carbonyl (C=O) groups is 1. The van der Waals surface area contributed by atoms with E-state index in [9.17, 15) is 23.8 Å². The predicted molar refractivity (Wildman–Crippen MR) is 139 cm³/mol. The number of likely N-dealkylation sites (tertiary alicyclic amines) is 1. The molecular formula is C28H27F2N5O3. The minimum atomic E-state index is -2.59. The van der Waals surface area contributed by atoms with Gasteiger partial charge >= 0.3 is 0 Å². The van der Waals surface area contributed by atoms with Crippen LogP contribution in [0.1, 0.15) is 23.2 Å². The minimum absolute atomic E-state index is 0.0263. The smallest absolute Gasteiger partial charge is 0.251 e. The third kappa shape index (κ3) is 5.50. The van der Waals surface area contributed by atoms with Gasteiger partial charge in [0, 0.05) is 44.6 Å². The normalized spacial score (nSPS) is 15.3. The molecular weight excluding hydrogens is 492 g/mol. The Morgan fingerprint density at radius 1 is 0.895 bits per heavy atom. The van der Waals surface area contributed by atoms with Gasteiger partial charge in [-0.1, -0.05) is 24.3 Å². The van der Waals surface area contributed by atoms with Gasteiger partial charge in [0.25, 0.3) is 11.8 Å². The van der Waals surface area contributed by atoms with E-state index in [-0.39, 0.29) is 36.1 Å². The van der Waals surface area contributed by atoms with Crippen LogP contribution in [0.4, 0.5) is 8.78 Å². The van der Waals surface area contributed by atoms with E-state index in [2.05, 4.69) is 15.4 Å². The second-order valence-electron chi connectivity index (χ2n) is 9.21. The lowest BCUT2D eigenvalue weighted by Gasteiger charge is -2.31. The van der Waals surface area contributed by atoms with Crippen LogP contribution in [-0.2, 0) is 0 Å². The fourth-order valence-corrected chi connectivity index (χ4v) is 4.39. The van der Waals surface area contributed by atoms with Gasteiger partial charge in [0.2, 0.25) is 0 Å². The molecule has 1 amide bonds. The van der Waals surface area contributed by atoms with Crippen molar-refractivity contribution >= 4 is 5.91 Å². The van der Waals surface area contributed by atoms with E-state index in [4.69, 9.17) is 0 Å². The maximum Gasteiger partial charge on any atom is 0.251 e. The Labute approximate surface area is 218 Å². The van der Waals surface area contributed by atoms with Gasteiger partial charge in [-0.15, -0.1) is 5.10 Å². The first-order valence-electron chi connectivity index (χ1n) is 12.3. The summed E-state index contributed by atoms with van der Waals surface area (Å²) in [6, 6.07) is 20.2. The van der Waals surface area contributed by atoms with Crippen LogP contribution in [0.3, 0.4) is 0 Å². The van der Waals surface area contributed by atoms with Crippen molar-refractivity contribution in [3.05, 3.63) is 78.4 Å². The Hall–Kier alpha value is -4.31. The van der Waals surface area contributed by atoms with Crippen LogP contribution in [0.15, 0.2) is 72.8 Å². The molecule has 196 valence electrons. The Morgan fingerprint density at radius 3 is 2.13 bits per heavy atom. The summed E-state index contributed by atoms with van der Waals surface area (Å²) in [5, 5.41) is 28.2. The molecule has 1 aliphatic heterocycles. The SMILES string of the molecule is O=C(NCCN1CCC(F)(F)CC1)c1ccc(-n2nc(-c3ccccc3O)nc2-c2ccccc2O)cc1. The number of amides is 1. The largest absolute Gasteiger partial charge is 0.507 e. The number of piperidine rings is 1. The summed E-state index contributed by atoms with van der Waals surface area (Å²) >= 11 is 0. The molecule has 0 radical (unpaired) electrons. The van der Waals surface area contributed by atoms with E-state index in [1.165, 1.54) is 0 Å². The molecule has 0 bridgehead atoms. The van der Waals surface area contributed by atoms with Crippen molar-refractivity contribution in [2.75, 3.05) is 26.2 Å². The van der Waals surface area contributed by atoms with Crippen LogP contribution >= 0.6 is 0 Å². The van der Waals surface area contributed by atoms with Crippen LogP contribution in [0.5, 0.6) is 11.5 Å². The number of nitrogens with one attached hydrogen (secondary N) is 1. The van der Waals surface area contributed by atoms with Gasteiger partial charge in [0.05, 0.1) is 16.8 Å². The highest BCUT2D eigenvalue weighted by Crippen LogP contribution is 2.33. The number of aromatic nitrogens is 3. The number of hydrogen-bond donors (Lipinski definition) is 3. The molecule has 38 heavy (non-hydrogen) atoms. The van der Waals surface area contributed by atoms with Gasteiger partial charge in [-0.3, -0.25) is 4.79 Å². The van der Waals surface area contributed by atoms with Crippen LogP contribution in [0.25, 0.3) is 28.5 Å². The van der Waals surface area contributed by atoms with Crippen molar-refractivity contribution in [3.63, 3.8) is 0 Å². The van der Waals surface area contributed by atoms with Crippen LogP contribution in [-0.4, -0.2) is 67.9 Å². The van der Waals surface area contributed by atoms with Crippen molar-refractivity contribution in [2.24, 2.45) is 0 Å². The fourth-order valence-electron chi connectivity index (χ4n) is 4.39. The Balaban J connectivity index is 1.34. The molecule has 1 aliphatic rings. The van der Waals surface area contributed by atoms with Gasteiger partial charge in [0.1, 0.15) is 11.5 Å². The van der Waals surface area contributed by atoms with E-state index in [0.29, 0.717) is 54.4 Å². The second-order valence-corrected chi connectivity index (χ2v) is 9.21. The zero-order chi connectivity index (χ0) is 26.7. The number of rotatable bonds is 7. The molecule has 1 saturated heterocycles. The zero-order valence-electron chi connectivity index (χ0n) is 20.5. The van der Waals surface area contributed by atoms with Crippen molar-refractivity contribution < 1.29 is 23.8 Å². The standard InChI is InChI=1S/C28H27F2N5O3/c29-28(30)13-16-34(17-14-28)18-15-31-27(38)19-9-11-20(12-10-19)35-26(22-6-2-4-8-24(22)37)32-25(33-35)21-5-1-3-7-23(21)36/h1-12,36-37H,13-18H2,(H,31,38). The fraction of sp³-hybridized carbons (Fsp3) is 0.250. The Kier molecular flexibility index (Phi) is 7.06. The van der Waals surface area contributed by atoms with Crippen molar-refractivity contribution in [1.82, 2.24) is 25.0 Å². The summed E-state index contributed by atoms with van der Waals surface area (Å²) in [5.41, 5.74) is 1.93. The first-order chi connectivity index (χ1) is 18.3. The molecule has 1 fully saturated rings. The Morgan fingerprint density at radius 2 is 1.50 bits per heavy atom. The molecule has 10 heteroatoms. The maximum absolute atomic E-state index is 13.3. The Bertz CT molecular complexity index is 1430. The second kappa shape index (κ2) is 10.6. The zero-order valence-corrected chi connectivity index (χ0v) is 20.5. The molecule has 1 aromatic heterocycles. The average Bonchev–Trinajstić information content (AvgIpc) is 3.35. The van der Waals surface area contributed by atoms with Crippen molar-refractivity contribution in [3.8, 4) is 40.0 Å². The van der Waals surface area contributed by atoms with E-state index < -0.39 is 5.92 Å². The minimum Gasteiger partial charge on any atom is -0.507 e. The molecule has 3 N–H and O–H groups in total. The first-order valence-corrected chi connectivity index (χ1v) is 12.3. The summed E-state index contributed by atoms with van der Waals surface area (Å²) in [6.45, 7) is 1.50. The predicted octanol–water partition coefficient (Wildman–Crippen LogP) is 4.47. The van der Waals surface area contributed by atoms with Gasteiger partial charge in [-0.2, -0.15) is 0 Å². The van der Waals surface area contributed by atoms with Crippen molar-refractivity contribution in [1.29, 1.82) is 0 Å². The summed E-state index contributed by atoms with van der Waals surface area (Å²) in [6.07, 6.45) is -0.307. The lowest BCUT2D eigenvalue weighted by Crippen LogP contribution is -2.43. The number of nitrogens with zero attached hydrogens (tertiary/aromatic N) is 4. The summed E-state index contributed by atoms with van der Waals surface area (Å²) < 4.78 is 28.2. The highest BCUT2D eigenvalue weighted by molar-refractivity contribution is 5.94. The number of halogens is 2. The lowest BCUT2D eigenvalue weighted by atomic mass is 10.1. The highest BCUT2D eigenvalue weighted by atomic mass is 19.3. The molecule has 3 aromatic carbocycles. The molecule has 2 heterocycles. The van der Waals surface area contributed by atoms with Crippen molar-refractivity contribution in [2.45, 2.75) is 18.8 Å². The number of phenols is 2. The molecule has 5 rings (SSSR count). The topological polar surface area (TPSA) is 104 Å².